The number of fused-ring (bicyclic) bond motifs is 3. The third kappa shape index (κ3) is 3.61. The molecule has 0 fully saturated rings. The molecule has 3 heteroatoms. The van der Waals surface area contributed by atoms with E-state index in [0.29, 0.717) is 5.92 Å². The average molecular weight is 363 g/mol. The molecule has 0 radical (unpaired) electrons. The van der Waals surface area contributed by atoms with Gasteiger partial charge >= 0.3 is 0 Å². The summed E-state index contributed by atoms with van der Waals surface area (Å²) in [6, 6.07) is 13.3. The predicted molar refractivity (Wildman–Crippen MR) is 113 cm³/mol. The fraction of sp³-hybridized carbons (Fsp3) is 0.417. The first kappa shape index (κ1) is 18.1. The second-order valence-electron chi connectivity index (χ2n) is 8.26. The molecule has 0 saturated heterocycles. The highest BCUT2D eigenvalue weighted by molar-refractivity contribution is 5.88. The number of H-pyrrole nitrogens is 1. The third-order valence-electron chi connectivity index (χ3n) is 5.56. The highest BCUT2D eigenvalue weighted by Gasteiger charge is 2.26. The van der Waals surface area contributed by atoms with Crippen LogP contribution in [0.3, 0.4) is 0 Å². The van der Waals surface area contributed by atoms with Gasteiger partial charge in [-0.2, -0.15) is 0 Å². The van der Waals surface area contributed by atoms with E-state index in [9.17, 15) is 0 Å². The van der Waals surface area contributed by atoms with Crippen LogP contribution in [-0.4, -0.2) is 18.1 Å². The Labute approximate surface area is 162 Å². The van der Waals surface area contributed by atoms with Gasteiger partial charge in [-0.05, 0) is 67.5 Å². The Kier molecular flexibility index (Phi) is 4.96. The second-order valence-corrected chi connectivity index (χ2v) is 8.26. The molecule has 2 aromatic carbocycles. The van der Waals surface area contributed by atoms with Gasteiger partial charge in [0.15, 0.2) is 0 Å². The van der Waals surface area contributed by atoms with Crippen LogP contribution in [0.5, 0.6) is 5.75 Å². The Morgan fingerprint density at radius 1 is 1.15 bits per heavy atom. The van der Waals surface area contributed by atoms with E-state index in [2.05, 4.69) is 74.4 Å². The molecular weight excluding hydrogens is 332 g/mol. The fourth-order valence-electron chi connectivity index (χ4n) is 4.17. The van der Waals surface area contributed by atoms with Crippen LogP contribution in [0.25, 0.3) is 10.9 Å². The summed E-state index contributed by atoms with van der Waals surface area (Å²) in [5.74, 6) is 1.62. The zero-order valence-electron chi connectivity index (χ0n) is 16.9. The predicted octanol–water partition coefficient (Wildman–Crippen LogP) is 5.44. The van der Waals surface area contributed by atoms with Crippen molar-refractivity contribution < 1.29 is 4.74 Å². The highest BCUT2D eigenvalue weighted by Crippen LogP contribution is 2.36. The monoisotopic (exact) mass is 362 g/mol. The molecule has 142 valence electrons. The van der Waals surface area contributed by atoms with Crippen molar-refractivity contribution in [2.45, 2.75) is 46.6 Å². The lowest BCUT2D eigenvalue weighted by Gasteiger charge is -2.25. The van der Waals surface area contributed by atoms with Gasteiger partial charge < -0.3 is 15.0 Å². The summed E-state index contributed by atoms with van der Waals surface area (Å²) in [7, 11) is 0. The number of aryl methyl sites for hydroxylation is 2. The number of nitrogens with one attached hydrogen (secondary N) is 2. The summed E-state index contributed by atoms with van der Waals surface area (Å²) in [5.41, 5.74) is 7.97. The van der Waals surface area contributed by atoms with Gasteiger partial charge in [0.2, 0.25) is 0 Å². The van der Waals surface area contributed by atoms with Crippen LogP contribution in [-0.2, 0) is 6.42 Å². The lowest BCUT2D eigenvalue weighted by Crippen LogP contribution is -2.30. The quantitative estimate of drug-likeness (QED) is 0.634. The van der Waals surface area contributed by atoms with Gasteiger partial charge in [-0.25, -0.2) is 0 Å². The molecule has 0 aliphatic carbocycles. The van der Waals surface area contributed by atoms with Crippen LogP contribution >= 0.6 is 0 Å². The average Bonchev–Trinajstić information content (AvgIpc) is 3.01. The normalized spacial score (nSPS) is 16.7. The van der Waals surface area contributed by atoms with Crippen LogP contribution in [0.15, 0.2) is 36.4 Å². The minimum Gasteiger partial charge on any atom is -0.494 e. The van der Waals surface area contributed by atoms with Crippen molar-refractivity contribution in [1.82, 2.24) is 10.3 Å². The number of benzene rings is 2. The molecule has 27 heavy (non-hydrogen) atoms. The number of rotatable bonds is 5. The van der Waals surface area contributed by atoms with E-state index < -0.39 is 0 Å². The van der Waals surface area contributed by atoms with Crippen LogP contribution < -0.4 is 10.1 Å². The zero-order chi connectivity index (χ0) is 19.0. The maximum absolute atomic E-state index is 5.99. The lowest BCUT2D eigenvalue weighted by molar-refractivity contribution is 0.289. The second kappa shape index (κ2) is 7.40. The van der Waals surface area contributed by atoms with E-state index in [0.717, 1.165) is 31.7 Å². The van der Waals surface area contributed by atoms with Crippen LogP contribution in [0.1, 0.15) is 54.3 Å². The van der Waals surface area contributed by atoms with E-state index in [4.69, 9.17) is 4.74 Å². The first-order valence-electron chi connectivity index (χ1n) is 10.1. The minimum absolute atomic E-state index is 0.189. The molecule has 1 atom stereocenters. The van der Waals surface area contributed by atoms with Gasteiger partial charge in [0.25, 0.3) is 0 Å². The van der Waals surface area contributed by atoms with Crippen molar-refractivity contribution in [3.63, 3.8) is 0 Å². The smallest absolute Gasteiger partial charge is 0.119 e. The Balaban J connectivity index is 1.68. The van der Waals surface area contributed by atoms with Gasteiger partial charge in [0.05, 0.1) is 12.6 Å². The van der Waals surface area contributed by atoms with Gasteiger partial charge in [-0.3, -0.25) is 0 Å². The van der Waals surface area contributed by atoms with Gasteiger partial charge in [0, 0.05) is 23.1 Å². The van der Waals surface area contributed by atoms with E-state index in [1.54, 1.807) is 0 Å². The van der Waals surface area contributed by atoms with E-state index in [-0.39, 0.29) is 6.04 Å². The summed E-state index contributed by atoms with van der Waals surface area (Å²) < 4.78 is 5.99. The number of ether oxygens (including phenoxy) is 1. The maximum atomic E-state index is 5.99. The molecule has 1 unspecified atom stereocenters. The van der Waals surface area contributed by atoms with Crippen molar-refractivity contribution in [3.8, 4) is 5.75 Å². The van der Waals surface area contributed by atoms with Crippen LogP contribution in [0, 0.1) is 19.8 Å². The summed E-state index contributed by atoms with van der Waals surface area (Å²) in [6.45, 7) is 10.6. The number of hydrogen-bond acceptors (Lipinski definition) is 2. The van der Waals surface area contributed by atoms with E-state index >= 15 is 0 Å². The summed E-state index contributed by atoms with van der Waals surface area (Å²) in [4.78, 5) is 3.73. The molecular formula is C24H30N2O. The van der Waals surface area contributed by atoms with Gasteiger partial charge in [-0.1, -0.05) is 37.6 Å². The molecule has 0 spiro atoms. The lowest BCUT2D eigenvalue weighted by atomic mass is 9.93. The van der Waals surface area contributed by atoms with Gasteiger partial charge in [-0.15, -0.1) is 0 Å². The van der Waals surface area contributed by atoms with Crippen molar-refractivity contribution in [2.24, 2.45) is 5.92 Å². The minimum atomic E-state index is 0.189. The first-order valence-corrected chi connectivity index (χ1v) is 10.1. The fourth-order valence-corrected chi connectivity index (χ4v) is 4.17. The molecule has 3 nitrogen and oxygen atoms in total. The molecule has 2 heterocycles. The van der Waals surface area contributed by atoms with E-state index in [1.165, 1.54) is 38.9 Å². The topological polar surface area (TPSA) is 37.0 Å². The van der Waals surface area contributed by atoms with Crippen molar-refractivity contribution in [2.75, 3.05) is 13.2 Å². The molecule has 0 saturated carbocycles. The first-order chi connectivity index (χ1) is 13.0. The summed E-state index contributed by atoms with van der Waals surface area (Å²) in [6.07, 6.45) is 2.15. The van der Waals surface area contributed by atoms with Gasteiger partial charge in [0.1, 0.15) is 5.75 Å². The Bertz CT molecular complexity index is 954. The largest absolute Gasteiger partial charge is 0.494 e. The molecule has 1 aromatic heterocycles. The molecule has 3 aromatic rings. The maximum Gasteiger partial charge on any atom is 0.119 e. The highest BCUT2D eigenvalue weighted by atomic mass is 16.5. The SMILES string of the molecule is Cc1cc(C)c2[nH]c3c(c2c1)CCNC3c1cccc(OCCC(C)C)c1. The molecule has 0 bridgehead atoms. The Morgan fingerprint density at radius 3 is 2.81 bits per heavy atom. The van der Waals surface area contributed by atoms with Crippen LogP contribution in [0.2, 0.25) is 0 Å². The number of hydrogen-bond donors (Lipinski definition) is 2. The Hall–Kier alpha value is -2.26. The van der Waals surface area contributed by atoms with Crippen molar-refractivity contribution >= 4 is 10.9 Å². The molecule has 0 amide bonds. The summed E-state index contributed by atoms with van der Waals surface area (Å²) >= 11 is 0. The molecule has 4 rings (SSSR count). The summed E-state index contributed by atoms with van der Waals surface area (Å²) in [5, 5.41) is 5.09. The number of aromatic nitrogens is 1. The van der Waals surface area contributed by atoms with Crippen molar-refractivity contribution in [1.29, 1.82) is 0 Å². The number of aromatic amines is 1. The molecule has 1 aliphatic heterocycles. The standard InChI is InChI=1S/C24H30N2O/c1-15(2)9-11-27-19-7-5-6-18(14-19)23-24-20(8-10-25-23)21-13-16(3)12-17(4)22(21)26-24/h5-7,12-15,23,25-26H,8-11H2,1-4H3. The molecule has 2 N–H and O–H groups in total. The van der Waals surface area contributed by atoms with Crippen LogP contribution in [0.4, 0.5) is 0 Å². The third-order valence-corrected chi connectivity index (χ3v) is 5.56. The van der Waals surface area contributed by atoms with Crippen molar-refractivity contribution in [3.05, 3.63) is 64.3 Å². The zero-order valence-corrected chi connectivity index (χ0v) is 16.9. The molecule has 1 aliphatic rings. The van der Waals surface area contributed by atoms with E-state index in [1.807, 2.05) is 0 Å². The Morgan fingerprint density at radius 2 is 2.00 bits per heavy atom.